The Labute approximate surface area is 174 Å². The Morgan fingerprint density at radius 2 is 1.97 bits per heavy atom. The van der Waals surface area contributed by atoms with Gasteiger partial charge in [-0.15, -0.1) is 0 Å². The maximum Gasteiger partial charge on any atom is 0.248 e. The zero-order valence-corrected chi connectivity index (χ0v) is 17.1. The van der Waals surface area contributed by atoms with Gasteiger partial charge in [0.05, 0.1) is 23.3 Å². The van der Waals surface area contributed by atoms with Gasteiger partial charge in [0.2, 0.25) is 5.91 Å². The number of nitrogens with one attached hydrogen (secondary N) is 2. The predicted molar refractivity (Wildman–Crippen MR) is 118 cm³/mol. The van der Waals surface area contributed by atoms with Crippen molar-refractivity contribution in [3.05, 3.63) is 59.4 Å². The third kappa shape index (κ3) is 4.38. The molecule has 0 aliphatic carbocycles. The Hall–Kier alpha value is -3.94. The number of ether oxygens (including phenoxy) is 1. The second-order valence-electron chi connectivity index (χ2n) is 6.75. The van der Waals surface area contributed by atoms with Crippen molar-refractivity contribution in [2.45, 2.75) is 20.3 Å². The van der Waals surface area contributed by atoms with Gasteiger partial charge in [-0.3, -0.25) is 4.79 Å². The van der Waals surface area contributed by atoms with E-state index in [1.807, 2.05) is 13.0 Å². The number of aryl methyl sites for hydroxylation is 1. The van der Waals surface area contributed by atoms with Crippen LogP contribution in [0.4, 0.5) is 11.5 Å². The average molecular weight is 404 g/mol. The minimum Gasteiger partial charge on any atom is -0.455 e. The Morgan fingerprint density at radius 1 is 1.20 bits per heavy atom. The van der Waals surface area contributed by atoms with Crippen molar-refractivity contribution in [3.8, 4) is 22.8 Å². The topological polar surface area (TPSA) is 140 Å². The first-order valence-corrected chi connectivity index (χ1v) is 9.44. The molecule has 0 spiro atoms. The highest BCUT2D eigenvalue weighted by atomic mass is 16.5. The van der Waals surface area contributed by atoms with Crippen LogP contribution in [0.2, 0.25) is 0 Å². The molecule has 0 radical (unpaired) electrons. The number of aromatic nitrogens is 2. The summed E-state index contributed by atoms with van der Waals surface area (Å²) in [4.78, 5) is 20.3. The summed E-state index contributed by atoms with van der Waals surface area (Å²) in [5.41, 5.74) is 15.8. The van der Waals surface area contributed by atoms with Crippen molar-refractivity contribution in [2.75, 3.05) is 18.1 Å². The van der Waals surface area contributed by atoms with Gasteiger partial charge >= 0.3 is 0 Å². The molecule has 0 aliphatic rings. The van der Waals surface area contributed by atoms with Crippen LogP contribution in [-0.2, 0) is 6.42 Å². The molecular weight excluding hydrogens is 380 g/mol. The fourth-order valence-electron chi connectivity index (χ4n) is 3.15. The van der Waals surface area contributed by atoms with Crippen LogP contribution in [0.5, 0.6) is 11.5 Å². The standard InChI is InChI=1S/C22H24N6O2/c1-4-13-7-14(5-6-17(13)22(25)29)18-8-15(10-20(24)28-18)30-16-9-19(26-3)21(12(2)23)27-11-16/h5-11,23,26H,4H2,1-3H3,(H2,24,28)(H2,25,29). The fourth-order valence-corrected chi connectivity index (χ4v) is 3.15. The second kappa shape index (κ2) is 8.60. The first-order chi connectivity index (χ1) is 14.3. The Balaban J connectivity index is 1.97. The molecule has 1 amide bonds. The molecule has 2 aromatic heterocycles. The number of anilines is 2. The zero-order chi connectivity index (χ0) is 21.8. The second-order valence-corrected chi connectivity index (χ2v) is 6.75. The molecule has 3 rings (SSSR count). The number of primary amides is 1. The fraction of sp³-hybridized carbons (Fsp3) is 0.182. The SMILES string of the molecule is CCc1cc(-c2cc(Oc3cnc(C(C)=N)c(NC)c3)cc(N)n2)ccc1C(N)=O. The number of carbonyl (C=O) groups excluding carboxylic acids is 1. The van der Waals surface area contributed by atoms with Gasteiger partial charge in [-0.1, -0.05) is 13.0 Å². The Bertz CT molecular complexity index is 1130. The Kier molecular flexibility index (Phi) is 5.96. The van der Waals surface area contributed by atoms with E-state index in [1.54, 1.807) is 50.5 Å². The van der Waals surface area contributed by atoms with Gasteiger partial charge in [-0.25, -0.2) is 9.97 Å². The molecule has 0 unspecified atom stereocenters. The third-order valence-electron chi connectivity index (χ3n) is 4.59. The van der Waals surface area contributed by atoms with Crippen molar-refractivity contribution in [3.63, 3.8) is 0 Å². The molecule has 0 fully saturated rings. The lowest BCUT2D eigenvalue weighted by molar-refractivity contribution is 0.0999. The Morgan fingerprint density at radius 3 is 2.60 bits per heavy atom. The normalized spacial score (nSPS) is 10.5. The summed E-state index contributed by atoms with van der Waals surface area (Å²) in [5, 5.41) is 10.8. The molecule has 8 nitrogen and oxygen atoms in total. The van der Waals surface area contributed by atoms with Crippen molar-refractivity contribution < 1.29 is 9.53 Å². The lowest BCUT2D eigenvalue weighted by atomic mass is 9.99. The number of benzene rings is 1. The number of hydrogen-bond acceptors (Lipinski definition) is 7. The highest BCUT2D eigenvalue weighted by Crippen LogP contribution is 2.30. The number of amides is 1. The minimum absolute atomic E-state index is 0.299. The van der Waals surface area contributed by atoms with Crippen LogP contribution < -0.4 is 21.5 Å². The molecule has 0 saturated carbocycles. The van der Waals surface area contributed by atoms with Crippen LogP contribution >= 0.6 is 0 Å². The van der Waals surface area contributed by atoms with Gasteiger partial charge in [0.25, 0.3) is 0 Å². The summed E-state index contributed by atoms with van der Waals surface area (Å²) < 4.78 is 5.95. The number of hydrogen-bond donors (Lipinski definition) is 4. The van der Waals surface area contributed by atoms with E-state index in [4.69, 9.17) is 21.6 Å². The van der Waals surface area contributed by atoms with Crippen LogP contribution in [0.15, 0.2) is 42.6 Å². The maximum atomic E-state index is 11.6. The summed E-state index contributed by atoms with van der Waals surface area (Å²) >= 11 is 0. The van der Waals surface area contributed by atoms with E-state index >= 15 is 0 Å². The van der Waals surface area contributed by atoms with Gasteiger partial charge in [-0.2, -0.15) is 0 Å². The van der Waals surface area contributed by atoms with Gasteiger partial charge in [0.1, 0.15) is 23.0 Å². The summed E-state index contributed by atoms with van der Waals surface area (Å²) in [7, 11) is 1.76. The summed E-state index contributed by atoms with van der Waals surface area (Å²) in [5.74, 6) is 0.838. The third-order valence-corrected chi connectivity index (χ3v) is 4.59. The van der Waals surface area contributed by atoms with Gasteiger partial charge in [0.15, 0.2) is 0 Å². The van der Waals surface area contributed by atoms with E-state index in [-0.39, 0.29) is 0 Å². The van der Waals surface area contributed by atoms with Crippen LogP contribution in [0.1, 0.15) is 35.5 Å². The molecule has 6 N–H and O–H groups in total. The molecule has 3 aromatic rings. The molecule has 154 valence electrons. The number of pyridine rings is 2. The molecule has 0 aliphatic heterocycles. The predicted octanol–water partition coefficient (Wildman–Crippen LogP) is 3.61. The van der Waals surface area contributed by atoms with E-state index in [9.17, 15) is 4.79 Å². The van der Waals surface area contributed by atoms with Gasteiger partial charge in [-0.05, 0) is 31.0 Å². The van der Waals surface area contributed by atoms with E-state index < -0.39 is 5.91 Å². The maximum absolute atomic E-state index is 11.6. The van der Waals surface area contributed by atoms with Crippen LogP contribution in [0.25, 0.3) is 11.3 Å². The minimum atomic E-state index is -0.459. The number of nitrogen functional groups attached to an aromatic ring is 1. The van der Waals surface area contributed by atoms with Crippen LogP contribution in [0, 0.1) is 5.41 Å². The molecule has 8 heteroatoms. The monoisotopic (exact) mass is 404 g/mol. The van der Waals surface area contributed by atoms with E-state index in [1.165, 1.54) is 0 Å². The zero-order valence-electron chi connectivity index (χ0n) is 17.1. The number of nitrogens with zero attached hydrogens (tertiary/aromatic N) is 2. The summed E-state index contributed by atoms with van der Waals surface area (Å²) in [6.07, 6.45) is 2.22. The van der Waals surface area contributed by atoms with E-state index in [2.05, 4.69) is 15.3 Å². The largest absolute Gasteiger partial charge is 0.455 e. The molecule has 0 bridgehead atoms. The molecule has 30 heavy (non-hydrogen) atoms. The highest BCUT2D eigenvalue weighted by molar-refractivity contribution is 5.99. The van der Waals surface area contributed by atoms with Crippen molar-refractivity contribution >= 4 is 23.1 Å². The number of carbonyl (C=O) groups is 1. The molecular formula is C22H24N6O2. The van der Waals surface area contributed by atoms with Gasteiger partial charge < -0.3 is 26.9 Å². The number of rotatable bonds is 7. The summed E-state index contributed by atoms with van der Waals surface area (Å²) in [6, 6.07) is 10.5. The lowest BCUT2D eigenvalue weighted by Crippen LogP contribution is -2.13. The van der Waals surface area contributed by atoms with Crippen molar-refractivity contribution in [1.82, 2.24) is 9.97 Å². The van der Waals surface area contributed by atoms with Crippen molar-refractivity contribution in [2.24, 2.45) is 5.73 Å². The smallest absolute Gasteiger partial charge is 0.248 e. The van der Waals surface area contributed by atoms with E-state index in [0.29, 0.717) is 52.1 Å². The lowest BCUT2D eigenvalue weighted by Gasteiger charge is -2.13. The molecule has 0 saturated heterocycles. The highest BCUT2D eigenvalue weighted by Gasteiger charge is 2.12. The first kappa shape index (κ1) is 20.8. The quantitative estimate of drug-likeness (QED) is 0.443. The molecule has 0 atom stereocenters. The average Bonchev–Trinajstić information content (AvgIpc) is 2.72. The van der Waals surface area contributed by atoms with E-state index in [0.717, 1.165) is 11.1 Å². The van der Waals surface area contributed by atoms with Gasteiger partial charge in [0, 0.05) is 36.4 Å². The van der Waals surface area contributed by atoms with Crippen LogP contribution in [0.3, 0.4) is 0 Å². The van der Waals surface area contributed by atoms with Crippen molar-refractivity contribution in [1.29, 1.82) is 5.41 Å². The molecule has 1 aromatic carbocycles. The van der Waals surface area contributed by atoms with Crippen LogP contribution in [-0.4, -0.2) is 28.6 Å². The molecule has 2 heterocycles. The number of nitrogens with two attached hydrogens (primary N) is 2. The summed E-state index contributed by atoms with van der Waals surface area (Å²) in [6.45, 7) is 3.63. The first-order valence-electron chi connectivity index (χ1n) is 9.44.